The van der Waals surface area contributed by atoms with Gasteiger partial charge in [-0.25, -0.2) is 23.8 Å². The van der Waals surface area contributed by atoms with Crippen LogP contribution in [0.25, 0.3) is 0 Å². The third-order valence-electron chi connectivity index (χ3n) is 3.06. The van der Waals surface area contributed by atoms with Gasteiger partial charge in [0.2, 0.25) is 0 Å². The van der Waals surface area contributed by atoms with Gasteiger partial charge in [0, 0.05) is 0 Å². The summed E-state index contributed by atoms with van der Waals surface area (Å²) in [6, 6.07) is 13.0. The van der Waals surface area contributed by atoms with Crippen LogP contribution in [0.2, 0.25) is 0 Å². The molecule has 0 saturated carbocycles. The minimum Gasteiger partial charge on any atom is -1.00 e. The predicted molar refractivity (Wildman–Crippen MR) is 76.9 cm³/mol. The molecule has 0 spiro atoms. The minimum atomic E-state index is 0. The molecule has 110 valence electrons. The largest absolute Gasteiger partial charge is 4.00 e. The summed E-state index contributed by atoms with van der Waals surface area (Å²) in [6.07, 6.45) is 3.87. The first kappa shape index (κ1) is 25.1. The minimum absolute atomic E-state index is 0. The topological polar surface area (TPSA) is 0 Å². The van der Waals surface area contributed by atoms with Crippen LogP contribution >= 0.6 is 0 Å². The van der Waals surface area contributed by atoms with Gasteiger partial charge in [0.15, 0.2) is 0 Å². The molecule has 0 N–H and O–H groups in total. The van der Waals surface area contributed by atoms with Crippen molar-refractivity contribution in [3.05, 3.63) is 58.7 Å². The van der Waals surface area contributed by atoms with Crippen molar-refractivity contribution in [2.45, 2.75) is 47.0 Å². The van der Waals surface area contributed by atoms with Crippen molar-refractivity contribution in [3.8, 4) is 0 Å². The zero-order valence-electron chi connectivity index (χ0n) is 12.8. The van der Waals surface area contributed by atoms with Gasteiger partial charge in [0.25, 0.3) is 0 Å². The molecular weight excluding hydrogens is 366 g/mol. The van der Waals surface area contributed by atoms with Gasteiger partial charge in [-0.2, -0.15) is 34.9 Å². The Morgan fingerprint density at radius 1 is 1.05 bits per heavy atom. The molecule has 2 aromatic rings. The number of rotatable bonds is 3. The van der Waals surface area contributed by atoms with Crippen LogP contribution in [-0.2, 0) is 32.6 Å². The van der Waals surface area contributed by atoms with Crippen LogP contribution in [-0.4, -0.2) is 0 Å². The van der Waals surface area contributed by atoms with Gasteiger partial charge >= 0.3 is 26.2 Å². The van der Waals surface area contributed by atoms with Crippen molar-refractivity contribution in [3.63, 3.8) is 0 Å². The Balaban J connectivity index is -0.000000252. The second kappa shape index (κ2) is 14.1. The van der Waals surface area contributed by atoms with Gasteiger partial charge in [-0.1, -0.05) is 47.0 Å². The van der Waals surface area contributed by atoms with Crippen LogP contribution in [0.4, 0.5) is 0 Å². The average Bonchev–Trinajstić information content (AvgIpc) is 2.88. The molecule has 0 saturated heterocycles. The molecule has 0 nitrogen and oxygen atoms in total. The van der Waals surface area contributed by atoms with E-state index in [0.717, 1.165) is 0 Å². The van der Waals surface area contributed by atoms with E-state index in [2.05, 4.69) is 64.1 Å². The number of halogens is 2. The Hall–Kier alpha value is 0.163. The van der Waals surface area contributed by atoms with Crippen molar-refractivity contribution < 1.29 is 51.0 Å². The number of unbranched alkanes of at least 4 members (excludes halogenated alkanes) is 1. The molecule has 0 aliphatic heterocycles. The molecule has 3 heteroatoms. The van der Waals surface area contributed by atoms with Gasteiger partial charge in [-0.3, -0.25) is 0 Å². The smallest absolute Gasteiger partial charge is 1.00 e. The molecule has 0 atom stereocenters. The quantitative estimate of drug-likeness (QED) is 0.595. The molecule has 2 rings (SSSR count). The van der Waals surface area contributed by atoms with Crippen molar-refractivity contribution in [2.75, 3.05) is 0 Å². The van der Waals surface area contributed by atoms with E-state index in [9.17, 15) is 0 Å². The van der Waals surface area contributed by atoms with Crippen LogP contribution in [0.1, 0.15) is 42.0 Å². The summed E-state index contributed by atoms with van der Waals surface area (Å²) >= 11 is 0. The molecular formula is C17H24Cl2Zr. The van der Waals surface area contributed by atoms with Crippen molar-refractivity contribution >= 4 is 0 Å². The second-order valence-corrected chi connectivity index (χ2v) is 4.80. The van der Waals surface area contributed by atoms with Gasteiger partial charge in [0.1, 0.15) is 0 Å². The van der Waals surface area contributed by atoms with E-state index in [1.165, 1.54) is 41.5 Å². The summed E-state index contributed by atoms with van der Waals surface area (Å²) in [5.74, 6) is 0. The van der Waals surface area contributed by atoms with Crippen LogP contribution in [0, 0.1) is 20.8 Å². The van der Waals surface area contributed by atoms with E-state index in [1.54, 1.807) is 0 Å². The van der Waals surface area contributed by atoms with Gasteiger partial charge in [-0.05, 0) is 0 Å². The zero-order valence-corrected chi connectivity index (χ0v) is 16.8. The third-order valence-corrected chi connectivity index (χ3v) is 3.06. The molecule has 0 aliphatic rings. The molecule has 20 heavy (non-hydrogen) atoms. The summed E-state index contributed by atoms with van der Waals surface area (Å²) in [7, 11) is 0. The van der Waals surface area contributed by atoms with E-state index < -0.39 is 0 Å². The number of hydrogen-bond acceptors (Lipinski definition) is 0. The fourth-order valence-electron chi connectivity index (χ4n) is 1.91. The third kappa shape index (κ3) is 9.97. The Labute approximate surface area is 156 Å². The summed E-state index contributed by atoms with van der Waals surface area (Å²) in [6.45, 7) is 8.63. The molecule has 0 radical (unpaired) electrons. The van der Waals surface area contributed by atoms with Crippen molar-refractivity contribution in [1.29, 1.82) is 0 Å². The van der Waals surface area contributed by atoms with E-state index >= 15 is 0 Å². The SMILES string of the molecule is CCCC[c-]1cccc1.Cc1cc(C)[c-](C)c1.[Cl-].[Cl-].[Zr+4]. The van der Waals surface area contributed by atoms with Crippen LogP contribution in [0.3, 0.4) is 0 Å². The molecule has 0 fully saturated rings. The van der Waals surface area contributed by atoms with Crippen LogP contribution in [0.5, 0.6) is 0 Å². The number of hydrogen-bond donors (Lipinski definition) is 0. The molecule has 0 bridgehead atoms. The van der Waals surface area contributed by atoms with E-state index in [-0.39, 0.29) is 51.0 Å². The average molecular weight is 391 g/mol. The van der Waals surface area contributed by atoms with Gasteiger partial charge < -0.3 is 24.8 Å². The molecule has 0 unspecified atom stereocenters. The van der Waals surface area contributed by atoms with Crippen molar-refractivity contribution in [2.24, 2.45) is 0 Å². The Bertz CT molecular complexity index is 397. The first-order valence-electron chi connectivity index (χ1n) is 6.54. The monoisotopic (exact) mass is 388 g/mol. The van der Waals surface area contributed by atoms with Crippen LogP contribution in [0.15, 0.2) is 36.4 Å². The first-order valence-corrected chi connectivity index (χ1v) is 6.54. The summed E-state index contributed by atoms with van der Waals surface area (Å²) in [5, 5.41) is 0. The molecule has 0 amide bonds. The summed E-state index contributed by atoms with van der Waals surface area (Å²) < 4.78 is 0. The fraction of sp³-hybridized carbons (Fsp3) is 0.412. The first-order chi connectivity index (χ1) is 8.13. The summed E-state index contributed by atoms with van der Waals surface area (Å²) in [5.41, 5.74) is 5.67. The van der Waals surface area contributed by atoms with Gasteiger partial charge in [0.05, 0.1) is 0 Å². The molecule has 0 aliphatic carbocycles. The maximum Gasteiger partial charge on any atom is 4.00 e. The standard InChI is InChI=1S/C9H13.C8H11.2ClH.Zr/c1-2-3-6-9-7-4-5-8-9;1-6-4-7(2)8(3)5-6;;;/h4-5,7-8H,2-3,6H2,1H3;4-5H,1-3H3;2*1H;/q2*-1;;;+4/p-2. The summed E-state index contributed by atoms with van der Waals surface area (Å²) in [4.78, 5) is 0. The Kier molecular flexibility index (Phi) is 17.7. The Morgan fingerprint density at radius 3 is 1.90 bits per heavy atom. The zero-order chi connectivity index (χ0) is 12.7. The fourth-order valence-corrected chi connectivity index (χ4v) is 1.91. The van der Waals surface area contributed by atoms with Crippen LogP contribution < -0.4 is 24.8 Å². The maximum atomic E-state index is 2.23. The Morgan fingerprint density at radius 2 is 1.60 bits per heavy atom. The van der Waals surface area contributed by atoms with Gasteiger partial charge in [-0.15, -0.1) is 0 Å². The van der Waals surface area contributed by atoms with E-state index in [0.29, 0.717) is 0 Å². The predicted octanol–water partition coefficient (Wildman–Crippen LogP) is -0.916. The molecule has 2 aromatic carbocycles. The van der Waals surface area contributed by atoms with E-state index in [4.69, 9.17) is 0 Å². The normalized spacial score (nSPS) is 8.40. The molecule has 0 aromatic heterocycles. The maximum absolute atomic E-state index is 2.23. The van der Waals surface area contributed by atoms with Crippen molar-refractivity contribution in [1.82, 2.24) is 0 Å². The van der Waals surface area contributed by atoms with E-state index in [1.807, 2.05) is 0 Å². The number of aryl methyl sites for hydroxylation is 4. The molecule has 0 heterocycles. The second-order valence-electron chi connectivity index (χ2n) is 4.80.